The topological polar surface area (TPSA) is 37.4 Å². The highest BCUT2D eigenvalue weighted by Gasteiger charge is 2.42. The average molecular weight is 482 g/mol. The first-order chi connectivity index (χ1) is 17.2. The van der Waals surface area contributed by atoms with E-state index in [1.54, 1.807) is 19.1 Å². The van der Waals surface area contributed by atoms with Crippen LogP contribution in [0.1, 0.15) is 24.4 Å². The summed E-state index contributed by atoms with van der Waals surface area (Å²) < 4.78 is 9.53. The first kappa shape index (κ1) is 22.6. The number of benzene rings is 3. The van der Waals surface area contributed by atoms with Gasteiger partial charge >= 0.3 is 0 Å². The molecule has 2 bridgehead atoms. The summed E-state index contributed by atoms with van der Waals surface area (Å²) in [5.74, 6) is 2.17. The minimum Gasteiger partial charge on any atom is -0.497 e. The van der Waals surface area contributed by atoms with E-state index in [1.807, 2.05) is 12.3 Å². The number of nitrogens with zero attached hydrogens (tertiary/aromatic N) is 2. The Balaban J connectivity index is 1.40. The molecule has 0 amide bonds. The summed E-state index contributed by atoms with van der Waals surface area (Å²) in [6.07, 6.45) is 6.57. The van der Waals surface area contributed by atoms with Crippen LogP contribution in [0, 0.1) is 11.8 Å². The van der Waals surface area contributed by atoms with Crippen LogP contribution >= 0.6 is 11.9 Å². The summed E-state index contributed by atoms with van der Waals surface area (Å²) in [6.45, 7) is 6.38. The Kier molecular flexibility index (Phi) is 6.23. The number of aromatic nitrogens is 1. The molecular weight excluding hydrogens is 450 g/mol. The van der Waals surface area contributed by atoms with E-state index in [2.05, 4.69) is 87.9 Å². The second-order valence-electron chi connectivity index (χ2n) is 9.70. The van der Waals surface area contributed by atoms with Crippen molar-refractivity contribution in [3.63, 3.8) is 0 Å². The number of rotatable bonds is 7. The van der Waals surface area contributed by atoms with Crippen LogP contribution in [-0.2, 0) is 0 Å². The Morgan fingerprint density at radius 2 is 2.00 bits per heavy atom. The van der Waals surface area contributed by atoms with Crippen LogP contribution < -0.4 is 9.46 Å². The molecule has 0 saturated carbocycles. The van der Waals surface area contributed by atoms with Gasteiger partial charge in [0.25, 0.3) is 0 Å². The van der Waals surface area contributed by atoms with Crippen molar-refractivity contribution in [1.82, 2.24) is 14.6 Å². The third-order valence-electron chi connectivity index (χ3n) is 7.90. The van der Waals surface area contributed by atoms with Crippen molar-refractivity contribution in [3.05, 3.63) is 91.1 Å². The monoisotopic (exact) mass is 481 g/mol. The fourth-order valence-corrected chi connectivity index (χ4v) is 7.01. The molecule has 4 aromatic rings. The molecule has 4 heterocycles. The van der Waals surface area contributed by atoms with Crippen LogP contribution in [0.2, 0.25) is 0 Å². The molecule has 1 N–H and O–H groups in total. The van der Waals surface area contributed by atoms with E-state index < -0.39 is 0 Å². The molecule has 3 unspecified atom stereocenters. The van der Waals surface area contributed by atoms with E-state index in [1.165, 1.54) is 34.1 Å². The van der Waals surface area contributed by atoms with Crippen molar-refractivity contribution in [3.8, 4) is 5.75 Å². The van der Waals surface area contributed by atoms with E-state index in [9.17, 15) is 0 Å². The molecule has 1 aromatic heterocycles. The molecule has 5 atom stereocenters. The highest BCUT2D eigenvalue weighted by molar-refractivity contribution is 7.97. The molecule has 5 heteroatoms. The molecule has 7 rings (SSSR count). The van der Waals surface area contributed by atoms with Crippen molar-refractivity contribution in [2.45, 2.75) is 29.8 Å². The second kappa shape index (κ2) is 9.65. The average Bonchev–Trinajstić information content (AvgIpc) is 2.93. The molecule has 3 fully saturated rings. The van der Waals surface area contributed by atoms with Gasteiger partial charge in [-0.1, -0.05) is 42.5 Å². The van der Waals surface area contributed by atoms with Gasteiger partial charge in [0.2, 0.25) is 0 Å². The molecule has 3 aromatic carbocycles. The molecule has 35 heavy (non-hydrogen) atoms. The lowest BCUT2D eigenvalue weighted by atomic mass is 9.73. The Hall–Kier alpha value is -2.86. The van der Waals surface area contributed by atoms with Crippen molar-refractivity contribution in [2.24, 2.45) is 11.8 Å². The van der Waals surface area contributed by atoms with E-state index in [4.69, 9.17) is 4.74 Å². The predicted octanol–water partition coefficient (Wildman–Crippen LogP) is 6.63. The molecule has 0 radical (unpaired) electrons. The van der Waals surface area contributed by atoms with Crippen LogP contribution in [0.15, 0.2) is 90.5 Å². The summed E-state index contributed by atoms with van der Waals surface area (Å²) in [5.41, 5.74) is 2.29. The van der Waals surface area contributed by atoms with Crippen LogP contribution in [0.5, 0.6) is 5.75 Å². The zero-order valence-electron chi connectivity index (χ0n) is 20.1. The molecule has 178 valence electrons. The maximum Gasteiger partial charge on any atom is 0.119 e. The lowest BCUT2D eigenvalue weighted by molar-refractivity contribution is 0.00533. The van der Waals surface area contributed by atoms with Crippen molar-refractivity contribution in [2.75, 3.05) is 20.2 Å². The Bertz CT molecular complexity index is 1370. The highest BCUT2D eigenvalue weighted by Crippen LogP contribution is 2.43. The number of nitrogens with one attached hydrogen (secondary N) is 1. The van der Waals surface area contributed by atoms with Gasteiger partial charge in [0, 0.05) is 29.1 Å². The van der Waals surface area contributed by atoms with Gasteiger partial charge in [-0.05, 0) is 89.8 Å². The molecule has 3 aliphatic rings. The van der Waals surface area contributed by atoms with Crippen LogP contribution in [-0.4, -0.2) is 36.1 Å². The molecule has 3 aliphatic heterocycles. The minimum atomic E-state index is 0.158. The van der Waals surface area contributed by atoms with Gasteiger partial charge in [-0.2, -0.15) is 0 Å². The normalized spacial score (nSPS) is 24.5. The number of pyridine rings is 1. The van der Waals surface area contributed by atoms with E-state index >= 15 is 0 Å². The van der Waals surface area contributed by atoms with E-state index in [0.717, 1.165) is 29.7 Å². The molecule has 4 nitrogen and oxygen atoms in total. The Morgan fingerprint density at radius 1 is 1.11 bits per heavy atom. The smallest absolute Gasteiger partial charge is 0.119 e. The van der Waals surface area contributed by atoms with Gasteiger partial charge in [-0.3, -0.25) is 14.6 Å². The maximum absolute atomic E-state index is 5.58. The summed E-state index contributed by atoms with van der Waals surface area (Å²) in [5, 5.41) is 3.71. The summed E-state index contributed by atoms with van der Waals surface area (Å²) in [6, 6.07) is 24.1. The SMILES string of the molecule is C=CC1CN2CCC1C[C@H]2[C@@H](NSc1cccc2ccccc12)c1ccnc2ccc(OC)cc12. The lowest BCUT2D eigenvalue weighted by Gasteiger charge is -2.51. The van der Waals surface area contributed by atoms with Gasteiger partial charge in [0.15, 0.2) is 0 Å². The molecule has 0 aliphatic carbocycles. The Morgan fingerprint density at radius 3 is 2.83 bits per heavy atom. The van der Waals surface area contributed by atoms with Crippen LogP contribution in [0.4, 0.5) is 0 Å². The van der Waals surface area contributed by atoms with Crippen molar-refractivity contribution in [1.29, 1.82) is 0 Å². The number of piperidine rings is 3. The Labute approximate surface area is 211 Å². The van der Waals surface area contributed by atoms with Gasteiger partial charge in [0.05, 0.1) is 18.7 Å². The predicted molar refractivity (Wildman–Crippen MR) is 146 cm³/mol. The minimum absolute atomic E-state index is 0.158. The number of fused-ring (bicyclic) bond motifs is 5. The largest absolute Gasteiger partial charge is 0.497 e. The molecule has 3 saturated heterocycles. The molecule has 0 spiro atoms. The fraction of sp³-hybridized carbons (Fsp3) is 0.300. The van der Waals surface area contributed by atoms with Crippen LogP contribution in [0.3, 0.4) is 0 Å². The van der Waals surface area contributed by atoms with E-state index in [0.29, 0.717) is 17.9 Å². The van der Waals surface area contributed by atoms with Gasteiger partial charge in [0.1, 0.15) is 5.75 Å². The van der Waals surface area contributed by atoms with Gasteiger partial charge < -0.3 is 4.74 Å². The third-order valence-corrected chi connectivity index (χ3v) is 8.85. The summed E-state index contributed by atoms with van der Waals surface area (Å²) in [7, 11) is 1.73. The zero-order valence-corrected chi connectivity index (χ0v) is 20.9. The second-order valence-corrected chi connectivity index (χ2v) is 10.6. The summed E-state index contributed by atoms with van der Waals surface area (Å²) >= 11 is 1.75. The van der Waals surface area contributed by atoms with Crippen molar-refractivity contribution >= 4 is 33.6 Å². The fourth-order valence-electron chi connectivity index (χ4n) is 6.03. The third kappa shape index (κ3) is 4.22. The van der Waals surface area contributed by atoms with Crippen molar-refractivity contribution < 1.29 is 4.74 Å². The van der Waals surface area contributed by atoms with E-state index in [-0.39, 0.29) is 6.04 Å². The standard InChI is InChI=1S/C30H31N3OS/c1-3-20-19-33-16-14-22(20)17-28(33)30(25-13-15-31-27-12-11-23(34-2)18-26(25)27)32-35-29-10-6-8-21-7-4-5-9-24(21)29/h3-13,15,18,20,22,28,30,32H,1,14,16-17,19H2,2H3/t20?,22?,28-,30-/m0/s1. The first-order valence-corrected chi connectivity index (χ1v) is 13.3. The number of hydrogen-bond donors (Lipinski definition) is 1. The maximum atomic E-state index is 5.58. The number of hydrogen-bond acceptors (Lipinski definition) is 5. The number of ether oxygens (including phenoxy) is 1. The highest BCUT2D eigenvalue weighted by atomic mass is 32.2. The summed E-state index contributed by atoms with van der Waals surface area (Å²) in [4.78, 5) is 8.59. The van der Waals surface area contributed by atoms with Gasteiger partial charge in [-0.25, -0.2) is 0 Å². The zero-order chi connectivity index (χ0) is 23.8. The number of methoxy groups -OCH3 is 1. The molecular formula is C30H31N3OS. The quantitative estimate of drug-likeness (QED) is 0.237. The van der Waals surface area contributed by atoms with Crippen LogP contribution in [0.25, 0.3) is 21.7 Å². The van der Waals surface area contributed by atoms with Gasteiger partial charge in [-0.15, -0.1) is 6.58 Å². The lowest BCUT2D eigenvalue weighted by Crippen LogP contribution is -2.56. The first-order valence-electron chi connectivity index (χ1n) is 12.4.